The summed E-state index contributed by atoms with van der Waals surface area (Å²) in [5, 5.41) is 4.39. The molecule has 4 nitrogen and oxygen atoms in total. The highest BCUT2D eigenvalue weighted by Crippen LogP contribution is 2.50. The molecule has 0 saturated heterocycles. The average molecular weight is 485 g/mol. The number of nitrogens with one attached hydrogen (secondary N) is 2. The minimum Gasteiger partial charge on any atom is -0.378 e. The number of allylic oxidation sites excluding steroid dienone is 2. The van der Waals surface area contributed by atoms with Crippen LogP contribution in [0.3, 0.4) is 0 Å². The number of hydrogen-bond acceptors (Lipinski definition) is 3. The topological polar surface area (TPSA) is 58.2 Å². The summed E-state index contributed by atoms with van der Waals surface area (Å²) in [6, 6.07) is 18.7. The number of benzene rings is 3. The second-order valence-electron chi connectivity index (χ2n) is 8.40. The van der Waals surface area contributed by atoms with Crippen LogP contribution < -0.4 is 10.0 Å². The Balaban J connectivity index is 1.49. The van der Waals surface area contributed by atoms with Crippen LogP contribution in [-0.4, -0.2) is 8.42 Å². The van der Waals surface area contributed by atoms with Gasteiger partial charge in [-0.25, -0.2) is 8.42 Å². The molecule has 3 atom stereocenters. The Morgan fingerprint density at radius 3 is 2.41 bits per heavy atom. The summed E-state index contributed by atoms with van der Waals surface area (Å²) in [5.41, 5.74) is 4.77. The molecule has 0 amide bonds. The maximum Gasteiger partial charge on any atom is 0.261 e. The van der Waals surface area contributed by atoms with Gasteiger partial charge in [0.1, 0.15) is 0 Å². The highest BCUT2D eigenvalue weighted by molar-refractivity contribution is 7.92. The first-order valence-corrected chi connectivity index (χ1v) is 12.7. The Kier molecular flexibility index (Phi) is 5.44. The molecule has 1 aliphatic carbocycles. The van der Waals surface area contributed by atoms with Crippen molar-refractivity contribution in [2.24, 2.45) is 5.92 Å². The maximum absolute atomic E-state index is 13.1. The minimum absolute atomic E-state index is 0.160. The Hall–Kier alpha value is -2.47. The van der Waals surface area contributed by atoms with Gasteiger partial charge in [0.05, 0.1) is 16.6 Å². The van der Waals surface area contributed by atoms with Crippen LogP contribution in [0.2, 0.25) is 10.0 Å². The molecule has 0 fully saturated rings. The van der Waals surface area contributed by atoms with E-state index in [9.17, 15) is 8.42 Å². The third-order valence-corrected chi connectivity index (χ3v) is 8.01. The molecule has 0 aromatic heterocycles. The van der Waals surface area contributed by atoms with E-state index in [2.05, 4.69) is 53.4 Å². The molecule has 7 heteroatoms. The van der Waals surface area contributed by atoms with Gasteiger partial charge in [0.2, 0.25) is 0 Å². The van der Waals surface area contributed by atoms with Crippen LogP contribution >= 0.6 is 23.2 Å². The van der Waals surface area contributed by atoms with E-state index in [0.29, 0.717) is 21.7 Å². The van der Waals surface area contributed by atoms with Gasteiger partial charge in [-0.2, -0.15) is 0 Å². The first-order chi connectivity index (χ1) is 15.3. The van der Waals surface area contributed by atoms with Crippen LogP contribution in [0.15, 0.2) is 77.7 Å². The summed E-state index contributed by atoms with van der Waals surface area (Å²) >= 11 is 12.0. The number of halogens is 2. The number of sulfonamides is 1. The van der Waals surface area contributed by atoms with Crippen molar-refractivity contribution in [2.75, 3.05) is 10.0 Å². The molecule has 5 rings (SSSR count). The standard InChI is InChI=1S/C25H22Cl2N2O2S/c1-15-5-7-16(8-6-15)25-22-4-2-3-21(22)23-14-20(9-10-24(23)28-25)32(30,31)29-19-12-17(26)11-18(27)13-19/h2-3,5-14,21-22,25,28-29H,4H2,1H3/t21-,22+,25+/m0/s1. The molecule has 164 valence electrons. The molecule has 0 saturated carbocycles. The predicted molar refractivity (Wildman–Crippen MR) is 131 cm³/mol. The van der Waals surface area contributed by atoms with Gasteiger partial charge in [0.25, 0.3) is 10.0 Å². The molecule has 0 bridgehead atoms. The lowest BCUT2D eigenvalue weighted by Crippen LogP contribution is -2.29. The lowest BCUT2D eigenvalue weighted by molar-refractivity contribution is 0.425. The van der Waals surface area contributed by atoms with Crippen LogP contribution in [0.5, 0.6) is 0 Å². The van der Waals surface area contributed by atoms with E-state index in [0.717, 1.165) is 17.7 Å². The highest BCUT2D eigenvalue weighted by atomic mass is 35.5. The van der Waals surface area contributed by atoms with Crippen molar-refractivity contribution in [3.05, 3.63) is 99.6 Å². The van der Waals surface area contributed by atoms with E-state index in [1.165, 1.54) is 23.3 Å². The van der Waals surface area contributed by atoms with Gasteiger partial charge in [-0.15, -0.1) is 0 Å². The molecule has 32 heavy (non-hydrogen) atoms. The fraction of sp³-hybridized carbons (Fsp3) is 0.200. The molecule has 2 aliphatic rings. The molecule has 1 aliphatic heterocycles. The van der Waals surface area contributed by atoms with Crippen LogP contribution in [0, 0.1) is 12.8 Å². The zero-order chi connectivity index (χ0) is 22.5. The van der Waals surface area contributed by atoms with Gasteiger partial charge in [-0.3, -0.25) is 4.72 Å². The maximum atomic E-state index is 13.1. The summed E-state index contributed by atoms with van der Waals surface area (Å²) in [6.45, 7) is 2.08. The number of aryl methyl sites for hydroxylation is 1. The molecule has 3 aromatic carbocycles. The molecule has 0 spiro atoms. The fourth-order valence-electron chi connectivity index (χ4n) is 4.67. The minimum atomic E-state index is -3.80. The van der Waals surface area contributed by atoms with E-state index >= 15 is 0 Å². The van der Waals surface area contributed by atoms with E-state index in [4.69, 9.17) is 23.2 Å². The van der Waals surface area contributed by atoms with Gasteiger partial charge in [-0.1, -0.05) is 65.2 Å². The van der Waals surface area contributed by atoms with Crippen molar-refractivity contribution in [3.63, 3.8) is 0 Å². The molecular weight excluding hydrogens is 463 g/mol. The molecule has 3 aromatic rings. The second kappa shape index (κ2) is 8.14. The largest absolute Gasteiger partial charge is 0.378 e. The molecule has 0 radical (unpaired) electrons. The van der Waals surface area contributed by atoms with Gasteiger partial charge in [0.15, 0.2) is 0 Å². The lowest BCUT2D eigenvalue weighted by Gasteiger charge is -2.37. The van der Waals surface area contributed by atoms with Crippen LogP contribution in [0.4, 0.5) is 11.4 Å². The number of fused-ring (bicyclic) bond motifs is 3. The van der Waals surface area contributed by atoms with Crippen LogP contribution in [-0.2, 0) is 10.0 Å². The second-order valence-corrected chi connectivity index (χ2v) is 11.0. The zero-order valence-corrected chi connectivity index (χ0v) is 19.7. The third kappa shape index (κ3) is 4.01. The van der Waals surface area contributed by atoms with E-state index in [-0.39, 0.29) is 16.9 Å². The summed E-state index contributed by atoms with van der Waals surface area (Å²) in [7, 11) is -3.80. The monoisotopic (exact) mass is 484 g/mol. The van der Waals surface area contributed by atoms with Crippen molar-refractivity contribution in [1.82, 2.24) is 0 Å². The van der Waals surface area contributed by atoms with Crippen LogP contribution in [0.25, 0.3) is 0 Å². The third-order valence-electron chi connectivity index (χ3n) is 6.20. The SMILES string of the molecule is Cc1ccc([C@H]2Nc3ccc(S(=O)(=O)Nc4cc(Cl)cc(Cl)c4)cc3[C@H]3C=CC[C@H]32)cc1. The highest BCUT2D eigenvalue weighted by Gasteiger charge is 2.38. The van der Waals surface area contributed by atoms with Crippen molar-refractivity contribution in [2.45, 2.75) is 30.2 Å². The molecule has 0 unspecified atom stereocenters. The Morgan fingerprint density at radius 2 is 1.69 bits per heavy atom. The van der Waals surface area contributed by atoms with E-state index in [1.54, 1.807) is 18.2 Å². The smallest absolute Gasteiger partial charge is 0.261 e. The van der Waals surface area contributed by atoms with E-state index in [1.807, 2.05) is 6.07 Å². The first-order valence-electron chi connectivity index (χ1n) is 10.4. The number of hydrogen-bond donors (Lipinski definition) is 2. The fourth-order valence-corrected chi connectivity index (χ4v) is 6.27. The van der Waals surface area contributed by atoms with Crippen molar-refractivity contribution in [1.29, 1.82) is 0 Å². The average Bonchev–Trinajstić information content (AvgIpc) is 3.22. The van der Waals surface area contributed by atoms with E-state index < -0.39 is 10.0 Å². The molecule has 1 heterocycles. The van der Waals surface area contributed by atoms with Gasteiger partial charge in [0, 0.05) is 21.7 Å². The predicted octanol–water partition coefficient (Wildman–Crippen LogP) is 6.93. The van der Waals surface area contributed by atoms with Crippen molar-refractivity contribution < 1.29 is 8.42 Å². The zero-order valence-electron chi connectivity index (χ0n) is 17.3. The summed E-state index contributed by atoms with van der Waals surface area (Å²) in [5.74, 6) is 0.496. The van der Waals surface area contributed by atoms with Crippen molar-refractivity contribution in [3.8, 4) is 0 Å². The van der Waals surface area contributed by atoms with Gasteiger partial charge in [-0.05, 0) is 66.8 Å². The summed E-state index contributed by atoms with van der Waals surface area (Å²) < 4.78 is 28.8. The summed E-state index contributed by atoms with van der Waals surface area (Å²) in [4.78, 5) is 0.210. The van der Waals surface area contributed by atoms with Crippen LogP contribution in [0.1, 0.15) is 35.1 Å². The number of rotatable bonds is 4. The summed E-state index contributed by atoms with van der Waals surface area (Å²) in [6.07, 6.45) is 5.35. The van der Waals surface area contributed by atoms with Crippen molar-refractivity contribution >= 4 is 44.6 Å². The molecule has 2 N–H and O–H groups in total. The normalized spacial score (nSPS) is 21.5. The Bertz CT molecular complexity index is 1300. The molecular formula is C25H22Cl2N2O2S. The number of anilines is 2. The Labute approximate surface area is 198 Å². The lowest BCUT2D eigenvalue weighted by atomic mass is 9.77. The first kappa shape index (κ1) is 21.4. The van der Waals surface area contributed by atoms with Gasteiger partial charge < -0.3 is 5.32 Å². The van der Waals surface area contributed by atoms with Gasteiger partial charge >= 0.3 is 0 Å². The Morgan fingerprint density at radius 1 is 0.969 bits per heavy atom. The quantitative estimate of drug-likeness (QED) is 0.394.